The van der Waals surface area contributed by atoms with Crippen molar-refractivity contribution in [1.82, 2.24) is 5.32 Å². The Morgan fingerprint density at radius 1 is 0.883 bits per heavy atom. The van der Waals surface area contributed by atoms with Crippen LogP contribution in [0.3, 0.4) is 0 Å². The molecule has 9 rings (SSSR count). The van der Waals surface area contributed by atoms with Gasteiger partial charge >= 0.3 is 5.97 Å². The van der Waals surface area contributed by atoms with Gasteiger partial charge in [0.25, 0.3) is 0 Å². The molecule has 0 amide bonds. The lowest BCUT2D eigenvalue weighted by molar-refractivity contribution is -0.366. The summed E-state index contributed by atoms with van der Waals surface area (Å²) >= 11 is 0. The molecule has 0 aliphatic carbocycles. The van der Waals surface area contributed by atoms with E-state index in [2.05, 4.69) is 46.5 Å². The molecule has 0 radical (unpaired) electrons. The van der Waals surface area contributed by atoms with Crippen LogP contribution in [0.5, 0.6) is 0 Å². The Hall–Kier alpha value is -1.79. The van der Waals surface area contributed by atoms with E-state index in [0.717, 1.165) is 37.8 Å². The summed E-state index contributed by atoms with van der Waals surface area (Å²) in [6, 6.07) is 0. The molecule has 8 saturated heterocycles. The Labute approximate surface area is 354 Å². The van der Waals surface area contributed by atoms with Crippen LogP contribution in [0.2, 0.25) is 0 Å². The minimum absolute atomic E-state index is 0.0470. The highest BCUT2D eigenvalue weighted by molar-refractivity contribution is 5.67. The van der Waals surface area contributed by atoms with E-state index in [-0.39, 0.29) is 55.2 Å². The fourth-order valence-electron chi connectivity index (χ4n) is 12.4. The van der Waals surface area contributed by atoms with Crippen molar-refractivity contribution in [3.8, 4) is 0 Å². The highest BCUT2D eigenvalue weighted by Crippen LogP contribution is 2.55. The number of carboxylic acids is 1. The van der Waals surface area contributed by atoms with Crippen molar-refractivity contribution >= 4 is 5.97 Å². The summed E-state index contributed by atoms with van der Waals surface area (Å²) in [7, 11) is 0. The lowest BCUT2D eigenvalue weighted by Gasteiger charge is -2.52. The van der Waals surface area contributed by atoms with Gasteiger partial charge in [-0.15, -0.1) is 0 Å². The highest BCUT2D eigenvalue weighted by atomic mass is 16.8. The number of ether oxygens (including phenoxy) is 8. The van der Waals surface area contributed by atoms with Gasteiger partial charge in [-0.25, -0.2) is 0 Å². The first kappa shape index (κ1) is 43.5. The van der Waals surface area contributed by atoms with E-state index in [1.54, 1.807) is 6.08 Å². The first-order chi connectivity index (χ1) is 28.4. The lowest BCUT2D eigenvalue weighted by Crippen LogP contribution is -2.60. The predicted octanol–water partition coefficient (Wildman–Crippen LogP) is 4.98. The summed E-state index contributed by atoms with van der Waals surface area (Å²) in [5.74, 6) is -4.45. The summed E-state index contributed by atoms with van der Waals surface area (Å²) < 4.78 is 53.7. The van der Waals surface area contributed by atoms with Crippen molar-refractivity contribution in [2.45, 2.75) is 208 Å². The van der Waals surface area contributed by atoms with Crippen molar-refractivity contribution in [3.63, 3.8) is 0 Å². The lowest BCUT2D eigenvalue weighted by atomic mass is 9.79. The fourth-order valence-corrected chi connectivity index (χ4v) is 12.4. The van der Waals surface area contributed by atoms with Gasteiger partial charge in [0.05, 0.1) is 55.3 Å². The second-order valence-corrected chi connectivity index (χ2v) is 20.6. The number of carboxylic acid groups (broad SMARTS) is 1. The van der Waals surface area contributed by atoms with Crippen LogP contribution in [0.4, 0.5) is 0 Å². The Kier molecular flexibility index (Phi) is 11.6. The molecule has 2 bridgehead atoms. The van der Waals surface area contributed by atoms with Gasteiger partial charge in [-0.1, -0.05) is 59.4 Å². The zero-order valence-electron chi connectivity index (χ0n) is 36.0. The number of hydrogen-bond donors (Lipinski definition) is 5. The van der Waals surface area contributed by atoms with Gasteiger partial charge in [0.1, 0.15) is 17.9 Å². The Bertz CT molecular complexity index is 1690. The number of nitrogens with one attached hydrogen (secondary N) is 1. The number of aliphatic hydroxyl groups is 3. The molecule has 0 aromatic rings. The molecule has 8 fully saturated rings. The molecule has 20 atom stereocenters. The van der Waals surface area contributed by atoms with Crippen molar-refractivity contribution in [2.24, 2.45) is 29.6 Å². The Morgan fingerprint density at radius 2 is 1.68 bits per heavy atom. The monoisotopic (exact) mass is 843 g/mol. The molecule has 14 nitrogen and oxygen atoms in total. The number of carbonyl (C=O) groups is 1. The molecule has 0 saturated carbocycles. The van der Waals surface area contributed by atoms with Crippen LogP contribution in [0.25, 0.3) is 0 Å². The highest BCUT2D eigenvalue weighted by Gasteiger charge is 2.63. The average Bonchev–Trinajstić information content (AvgIpc) is 3.87. The molecule has 9 aliphatic rings. The summed E-state index contributed by atoms with van der Waals surface area (Å²) in [6.07, 6.45) is 9.13. The number of aliphatic hydroxyl groups excluding tert-OH is 2. The minimum atomic E-state index is -1.86. The van der Waals surface area contributed by atoms with Gasteiger partial charge in [-0.2, -0.15) is 0 Å². The van der Waals surface area contributed by atoms with E-state index in [9.17, 15) is 20.1 Å². The van der Waals surface area contributed by atoms with Crippen molar-refractivity contribution in [3.05, 3.63) is 36.5 Å². The maximum Gasteiger partial charge on any atom is 0.306 e. The van der Waals surface area contributed by atoms with Gasteiger partial charge in [0.15, 0.2) is 23.1 Å². The van der Waals surface area contributed by atoms with E-state index < -0.39 is 65.4 Å². The number of fused-ring (bicyclic) bond motifs is 5. The second kappa shape index (κ2) is 16.0. The maximum atomic E-state index is 12.2. The quantitative estimate of drug-likeness (QED) is 0.196. The van der Waals surface area contributed by atoms with Gasteiger partial charge < -0.3 is 58.3 Å². The van der Waals surface area contributed by atoms with Crippen molar-refractivity contribution in [2.75, 3.05) is 6.54 Å². The normalized spacial score (nSPS) is 52.2. The van der Waals surface area contributed by atoms with E-state index in [4.69, 9.17) is 43.0 Å². The van der Waals surface area contributed by atoms with Crippen LogP contribution >= 0.6 is 0 Å². The van der Waals surface area contributed by atoms with Gasteiger partial charge in [0, 0.05) is 57.4 Å². The summed E-state index contributed by atoms with van der Waals surface area (Å²) in [5, 5.41) is 46.9. The number of rotatable bonds is 9. The van der Waals surface area contributed by atoms with Crippen LogP contribution in [0, 0.1) is 29.6 Å². The van der Waals surface area contributed by atoms with E-state index in [1.807, 2.05) is 12.2 Å². The third kappa shape index (κ3) is 8.01. The summed E-state index contributed by atoms with van der Waals surface area (Å²) in [5.41, 5.74) is 0.375. The van der Waals surface area contributed by atoms with Crippen molar-refractivity contribution in [1.29, 1.82) is 0 Å². The molecule has 60 heavy (non-hydrogen) atoms. The SMILES string of the molecule is C=C(C[C@@]12C[C@H](C)C[C@H](O1)[C@@H]1O[C@@]3(C[C@@H]1O2)NC[C@@H](C)C[C@H]3C)[C@H]1O[C@@](O)([C@@H](O)[C@H]2C[C@@H]3O[C@@]4(CC[C@]5(C=CC[C@@H](/C=C/C(O)CC(=O)O)O5)O4)[C@@H](C)C[C@@H]3O2)CC[C@@H]1C. The molecule has 0 aromatic heterocycles. The van der Waals surface area contributed by atoms with Crippen LogP contribution < -0.4 is 5.32 Å². The second-order valence-electron chi connectivity index (χ2n) is 20.6. The summed E-state index contributed by atoms with van der Waals surface area (Å²) in [4.78, 5) is 11.0. The average molecular weight is 844 g/mol. The fraction of sp³-hybridized carbons (Fsp3) is 0.848. The van der Waals surface area contributed by atoms with Crippen LogP contribution in [-0.4, -0.2) is 123 Å². The number of aliphatic carboxylic acids is 1. The van der Waals surface area contributed by atoms with E-state index in [1.165, 1.54) is 6.08 Å². The predicted molar refractivity (Wildman–Crippen MR) is 216 cm³/mol. The Morgan fingerprint density at radius 3 is 2.47 bits per heavy atom. The van der Waals surface area contributed by atoms with Gasteiger partial charge in [-0.3, -0.25) is 10.1 Å². The van der Waals surface area contributed by atoms with E-state index >= 15 is 0 Å². The third-order valence-electron chi connectivity index (χ3n) is 15.5. The molecule has 14 heteroatoms. The smallest absolute Gasteiger partial charge is 0.306 e. The molecule has 9 aliphatic heterocycles. The topological polar surface area (TPSA) is 184 Å². The molecule has 3 spiro atoms. The zero-order valence-corrected chi connectivity index (χ0v) is 36.0. The Balaban J connectivity index is 0.831. The number of piperidine rings is 1. The van der Waals surface area contributed by atoms with E-state index in [0.29, 0.717) is 62.7 Å². The molecule has 336 valence electrons. The van der Waals surface area contributed by atoms with Crippen molar-refractivity contribution < 1.29 is 63.1 Å². The standard InChI is InChI=1S/C46H69NO13/c1-25-17-35-40-37(23-44(58-40)29(5)16-26(2)24-47-44)56-43(21-25,55-35)22-28(4)39-27(3)11-13-45(52,59-39)41(51)36-20-34-33(53-36)18-30(6)46(57-34)15-14-42(60-46)12-7-8-32(54-42)10-9-31(48)19-38(49)50/h7,9-10,12,25-27,29-37,39-41,47-48,51-52H,4,8,11,13-24H2,1-3,5-6H3,(H,49,50)/b10-9+/t25-,26+,27+,29-,30+,31?,32+,33+,34+,35+,36-,37+,39+,40+,41+,42+,43+,44-,45-,46-/m1/s1. The van der Waals surface area contributed by atoms with Gasteiger partial charge in [-0.05, 0) is 67.4 Å². The number of hydrogen-bond acceptors (Lipinski definition) is 13. The molecule has 1 unspecified atom stereocenters. The maximum absolute atomic E-state index is 12.2. The minimum Gasteiger partial charge on any atom is -0.481 e. The summed E-state index contributed by atoms with van der Waals surface area (Å²) in [6.45, 7) is 16.5. The molecular weight excluding hydrogens is 775 g/mol. The zero-order chi connectivity index (χ0) is 42.4. The first-order valence-corrected chi connectivity index (χ1v) is 22.9. The van der Waals surface area contributed by atoms with Crippen LogP contribution in [0.15, 0.2) is 36.5 Å². The van der Waals surface area contributed by atoms with Gasteiger partial charge in [0.2, 0.25) is 0 Å². The molecular formula is C46H69NO13. The first-order valence-electron chi connectivity index (χ1n) is 22.9. The molecule has 0 aromatic carbocycles. The van der Waals surface area contributed by atoms with Crippen LogP contribution in [-0.2, 0) is 42.7 Å². The largest absolute Gasteiger partial charge is 0.481 e. The third-order valence-corrected chi connectivity index (χ3v) is 15.5. The molecule has 9 heterocycles. The molecule has 5 N–H and O–H groups in total. The van der Waals surface area contributed by atoms with Crippen LogP contribution in [0.1, 0.15) is 118 Å².